The molecule has 1 fully saturated rings. The van der Waals surface area contributed by atoms with Gasteiger partial charge in [0.2, 0.25) is 0 Å². The molecule has 1 heterocycles. The van der Waals surface area contributed by atoms with Crippen LogP contribution >= 0.6 is 11.6 Å². The molecule has 4 nitrogen and oxygen atoms in total. The first-order chi connectivity index (χ1) is 9.54. The van der Waals surface area contributed by atoms with Crippen LogP contribution in [-0.4, -0.2) is 49.0 Å². The molecule has 0 amide bonds. The Hall–Kier alpha value is -0.650. The summed E-state index contributed by atoms with van der Waals surface area (Å²) in [5, 5.41) is 11.3. The SMILES string of the molecule is CN(CC1(O)CCOCC1)C(CN)c1ccc(Cl)cc1. The van der Waals surface area contributed by atoms with Gasteiger partial charge in [-0.25, -0.2) is 0 Å². The quantitative estimate of drug-likeness (QED) is 0.870. The predicted molar refractivity (Wildman–Crippen MR) is 80.9 cm³/mol. The van der Waals surface area contributed by atoms with E-state index in [1.165, 1.54) is 0 Å². The summed E-state index contributed by atoms with van der Waals surface area (Å²) >= 11 is 5.92. The number of halogens is 1. The van der Waals surface area contributed by atoms with Crippen molar-refractivity contribution in [3.63, 3.8) is 0 Å². The van der Waals surface area contributed by atoms with E-state index in [9.17, 15) is 5.11 Å². The molecule has 0 radical (unpaired) electrons. The first kappa shape index (κ1) is 15.7. The largest absolute Gasteiger partial charge is 0.388 e. The van der Waals surface area contributed by atoms with Crippen molar-refractivity contribution in [1.82, 2.24) is 4.90 Å². The molecular formula is C15H23ClN2O2. The number of rotatable bonds is 5. The van der Waals surface area contributed by atoms with Crippen molar-refractivity contribution in [2.24, 2.45) is 5.73 Å². The van der Waals surface area contributed by atoms with Crippen LogP contribution in [-0.2, 0) is 4.74 Å². The lowest BCUT2D eigenvalue weighted by molar-refractivity contribution is -0.0812. The molecule has 112 valence electrons. The van der Waals surface area contributed by atoms with Crippen LogP contribution in [0.3, 0.4) is 0 Å². The summed E-state index contributed by atoms with van der Waals surface area (Å²) in [6.45, 7) is 2.35. The molecule has 1 unspecified atom stereocenters. The summed E-state index contributed by atoms with van der Waals surface area (Å²) in [5.41, 5.74) is 6.36. The van der Waals surface area contributed by atoms with Gasteiger partial charge in [0, 0.05) is 50.2 Å². The van der Waals surface area contributed by atoms with Gasteiger partial charge in [0.25, 0.3) is 0 Å². The molecule has 1 aliphatic heterocycles. The average molecular weight is 299 g/mol. The summed E-state index contributed by atoms with van der Waals surface area (Å²) in [7, 11) is 2.00. The van der Waals surface area contributed by atoms with Crippen LogP contribution in [0, 0.1) is 0 Å². The minimum Gasteiger partial charge on any atom is -0.388 e. The second-order valence-corrected chi connectivity index (χ2v) is 5.99. The van der Waals surface area contributed by atoms with Gasteiger partial charge in [-0.15, -0.1) is 0 Å². The fourth-order valence-corrected chi connectivity index (χ4v) is 2.87. The van der Waals surface area contributed by atoms with Crippen molar-refractivity contribution < 1.29 is 9.84 Å². The smallest absolute Gasteiger partial charge is 0.0818 e. The van der Waals surface area contributed by atoms with Crippen LogP contribution in [0.2, 0.25) is 5.02 Å². The van der Waals surface area contributed by atoms with E-state index in [1.807, 2.05) is 31.3 Å². The molecular weight excluding hydrogens is 276 g/mol. The van der Waals surface area contributed by atoms with Crippen LogP contribution in [0.5, 0.6) is 0 Å². The number of ether oxygens (including phenoxy) is 1. The Morgan fingerprint density at radius 2 is 1.95 bits per heavy atom. The van der Waals surface area contributed by atoms with E-state index in [2.05, 4.69) is 4.90 Å². The second kappa shape index (κ2) is 6.87. The summed E-state index contributed by atoms with van der Waals surface area (Å²) in [5.74, 6) is 0. The van der Waals surface area contributed by atoms with E-state index in [-0.39, 0.29) is 6.04 Å². The first-order valence-electron chi connectivity index (χ1n) is 7.00. The van der Waals surface area contributed by atoms with Gasteiger partial charge in [-0.1, -0.05) is 23.7 Å². The molecule has 2 rings (SSSR count). The van der Waals surface area contributed by atoms with Crippen molar-refractivity contribution in [2.75, 3.05) is 33.4 Å². The zero-order chi connectivity index (χ0) is 14.6. The molecule has 0 bridgehead atoms. The Kier molecular flexibility index (Phi) is 5.41. The average Bonchev–Trinajstić information content (AvgIpc) is 2.42. The number of nitrogens with zero attached hydrogens (tertiary/aromatic N) is 1. The summed E-state index contributed by atoms with van der Waals surface area (Å²) in [6.07, 6.45) is 1.35. The van der Waals surface area contributed by atoms with Crippen molar-refractivity contribution >= 4 is 11.6 Å². The van der Waals surface area contributed by atoms with Gasteiger partial charge in [-0.05, 0) is 24.7 Å². The predicted octanol–water partition coefficient (Wildman–Crippen LogP) is 1.81. The van der Waals surface area contributed by atoms with E-state index in [1.54, 1.807) is 0 Å². The van der Waals surface area contributed by atoms with Crippen molar-refractivity contribution in [3.05, 3.63) is 34.9 Å². The first-order valence-corrected chi connectivity index (χ1v) is 7.38. The Bertz CT molecular complexity index is 418. The summed E-state index contributed by atoms with van der Waals surface area (Å²) < 4.78 is 5.31. The van der Waals surface area contributed by atoms with Crippen molar-refractivity contribution in [1.29, 1.82) is 0 Å². The molecule has 3 N–H and O–H groups in total. The maximum atomic E-state index is 10.6. The molecule has 0 saturated carbocycles. The molecule has 1 aromatic carbocycles. The summed E-state index contributed by atoms with van der Waals surface area (Å²) in [6, 6.07) is 7.81. The minimum atomic E-state index is -0.674. The van der Waals surface area contributed by atoms with E-state index >= 15 is 0 Å². The fourth-order valence-electron chi connectivity index (χ4n) is 2.74. The Morgan fingerprint density at radius 1 is 1.35 bits per heavy atom. The summed E-state index contributed by atoms with van der Waals surface area (Å²) in [4.78, 5) is 2.12. The number of benzene rings is 1. The van der Waals surface area contributed by atoms with Crippen LogP contribution < -0.4 is 5.73 Å². The van der Waals surface area contributed by atoms with Gasteiger partial charge in [0.05, 0.1) is 5.60 Å². The molecule has 0 aromatic heterocycles. The van der Waals surface area contributed by atoms with Crippen molar-refractivity contribution in [2.45, 2.75) is 24.5 Å². The lowest BCUT2D eigenvalue weighted by Gasteiger charge is -2.38. The van der Waals surface area contributed by atoms with Crippen LogP contribution in [0.4, 0.5) is 0 Å². The van der Waals surface area contributed by atoms with Gasteiger partial charge >= 0.3 is 0 Å². The topological polar surface area (TPSA) is 58.7 Å². The third-order valence-corrected chi connectivity index (χ3v) is 4.23. The lowest BCUT2D eigenvalue weighted by atomic mass is 9.92. The zero-order valence-corrected chi connectivity index (χ0v) is 12.6. The van der Waals surface area contributed by atoms with E-state index < -0.39 is 5.60 Å². The standard InChI is InChI=1S/C15H23ClN2O2/c1-18(11-15(19)6-8-20-9-7-15)14(10-17)12-2-4-13(16)5-3-12/h2-5,14,19H,6-11,17H2,1H3. The van der Waals surface area contributed by atoms with Gasteiger partial charge in [-0.3, -0.25) is 4.90 Å². The Balaban J connectivity index is 2.04. The van der Waals surface area contributed by atoms with E-state index in [0.29, 0.717) is 39.1 Å². The number of nitrogens with two attached hydrogens (primary N) is 1. The monoisotopic (exact) mass is 298 g/mol. The normalized spacial score (nSPS) is 20.1. The Labute approximate surface area is 125 Å². The highest BCUT2D eigenvalue weighted by atomic mass is 35.5. The molecule has 1 aliphatic rings. The molecule has 1 atom stereocenters. The maximum Gasteiger partial charge on any atom is 0.0818 e. The second-order valence-electron chi connectivity index (χ2n) is 5.55. The molecule has 1 saturated heterocycles. The molecule has 20 heavy (non-hydrogen) atoms. The van der Waals surface area contributed by atoms with Gasteiger partial charge in [0.15, 0.2) is 0 Å². The Morgan fingerprint density at radius 3 is 2.50 bits per heavy atom. The van der Waals surface area contributed by atoms with Crippen LogP contribution in [0.1, 0.15) is 24.4 Å². The highest BCUT2D eigenvalue weighted by Crippen LogP contribution is 2.26. The minimum absolute atomic E-state index is 0.0825. The van der Waals surface area contributed by atoms with Crippen LogP contribution in [0.15, 0.2) is 24.3 Å². The van der Waals surface area contributed by atoms with Gasteiger partial charge < -0.3 is 15.6 Å². The third kappa shape index (κ3) is 3.93. The van der Waals surface area contributed by atoms with Crippen LogP contribution in [0.25, 0.3) is 0 Å². The number of likely N-dealkylation sites (N-methyl/N-ethyl adjacent to an activating group) is 1. The number of aliphatic hydroxyl groups is 1. The fraction of sp³-hybridized carbons (Fsp3) is 0.600. The lowest BCUT2D eigenvalue weighted by Crippen LogP contribution is -2.47. The van der Waals surface area contributed by atoms with Gasteiger partial charge in [-0.2, -0.15) is 0 Å². The molecule has 0 aliphatic carbocycles. The molecule has 1 aromatic rings. The van der Waals surface area contributed by atoms with E-state index in [0.717, 1.165) is 10.6 Å². The number of hydrogen-bond acceptors (Lipinski definition) is 4. The molecule has 5 heteroatoms. The third-order valence-electron chi connectivity index (χ3n) is 3.98. The number of hydrogen-bond donors (Lipinski definition) is 2. The van der Waals surface area contributed by atoms with Crippen molar-refractivity contribution in [3.8, 4) is 0 Å². The van der Waals surface area contributed by atoms with E-state index in [4.69, 9.17) is 22.1 Å². The highest BCUT2D eigenvalue weighted by molar-refractivity contribution is 6.30. The maximum absolute atomic E-state index is 10.6. The van der Waals surface area contributed by atoms with Gasteiger partial charge in [0.1, 0.15) is 0 Å². The zero-order valence-electron chi connectivity index (χ0n) is 11.9. The highest BCUT2D eigenvalue weighted by Gasteiger charge is 2.32. The molecule has 0 spiro atoms.